The minimum absolute atomic E-state index is 0.0109. The van der Waals surface area contributed by atoms with Crippen molar-refractivity contribution in [2.75, 3.05) is 25.0 Å². The Kier molecular flexibility index (Phi) is 3.38. The smallest absolute Gasteiger partial charge is 0.269 e. The quantitative estimate of drug-likeness (QED) is 0.869. The Morgan fingerprint density at radius 2 is 2.47 bits per heavy atom. The lowest BCUT2D eigenvalue weighted by atomic mass is 9.92. The third-order valence-corrected chi connectivity index (χ3v) is 3.89. The molecule has 2 atom stereocenters. The number of anilines is 1. The molecule has 19 heavy (non-hydrogen) atoms. The van der Waals surface area contributed by atoms with Gasteiger partial charge in [0.25, 0.3) is 5.91 Å². The highest BCUT2D eigenvalue weighted by Crippen LogP contribution is 2.32. The summed E-state index contributed by atoms with van der Waals surface area (Å²) in [6.45, 7) is 2.07. The first kappa shape index (κ1) is 12.4. The maximum atomic E-state index is 12.3. The molecule has 1 aromatic rings. The largest absolute Gasteiger partial charge is 0.477 e. The average molecular weight is 261 g/mol. The summed E-state index contributed by atoms with van der Waals surface area (Å²) >= 11 is 0. The summed E-state index contributed by atoms with van der Waals surface area (Å²) in [5.74, 6) is 1.86. The average Bonchev–Trinajstić information content (AvgIpc) is 2.46. The van der Waals surface area contributed by atoms with Crippen molar-refractivity contribution in [1.29, 1.82) is 0 Å². The lowest BCUT2D eigenvalue weighted by Gasteiger charge is -2.33. The first-order valence-electron chi connectivity index (χ1n) is 6.85. The number of pyridine rings is 1. The maximum absolute atomic E-state index is 12.3. The Labute approximate surface area is 113 Å². The number of carbonyl (C=O) groups excluding carboxylic acids is 1. The van der Waals surface area contributed by atoms with Gasteiger partial charge in [0.15, 0.2) is 17.7 Å². The van der Waals surface area contributed by atoms with Crippen molar-refractivity contribution in [3.05, 3.63) is 18.3 Å². The second-order valence-corrected chi connectivity index (χ2v) is 5.28. The molecule has 1 amide bonds. The molecule has 5 nitrogen and oxygen atoms in total. The number of hydrogen-bond acceptors (Lipinski definition) is 4. The molecule has 2 unspecified atom stereocenters. The van der Waals surface area contributed by atoms with Crippen LogP contribution < -0.4 is 15.0 Å². The Morgan fingerprint density at radius 3 is 3.26 bits per heavy atom. The van der Waals surface area contributed by atoms with E-state index in [0.29, 0.717) is 17.5 Å². The van der Waals surface area contributed by atoms with Crippen LogP contribution in [0.4, 0.5) is 5.82 Å². The van der Waals surface area contributed by atoms with Crippen molar-refractivity contribution in [1.82, 2.24) is 10.3 Å². The molecule has 0 bridgehead atoms. The maximum Gasteiger partial charge on any atom is 0.269 e. The van der Waals surface area contributed by atoms with Crippen molar-refractivity contribution in [2.45, 2.75) is 25.4 Å². The Hall–Kier alpha value is -1.62. The van der Waals surface area contributed by atoms with Gasteiger partial charge in [-0.05, 0) is 50.4 Å². The van der Waals surface area contributed by atoms with Crippen molar-refractivity contribution in [3.8, 4) is 5.75 Å². The summed E-state index contributed by atoms with van der Waals surface area (Å²) < 4.78 is 5.84. The van der Waals surface area contributed by atoms with Gasteiger partial charge in [-0.25, -0.2) is 4.98 Å². The highest BCUT2D eigenvalue weighted by atomic mass is 16.5. The summed E-state index contributed by atoms with van der Waals surface area (Å²) in [4.78, 5) is 18.1. The molecule has 3 rings (SSSR count). The van der Waals surface area contributed by atoms with Gasteiger partial charge in [-0.3, -0.25) is 9.69 Å². The van der Waals surface area contributed by atoms with E-state index in [-0.39, 0.29) is 12.0 Å². The normalized spacial score (nSPS) is 26.8. The fraction of sp³-hybridized carbons (Fsp3) is 0.571. The summed E-state index contributed by atoms with van der Waals surface area (Å²) in [6, 6.07) is 3.71. The van der Waals surface area contributed by atoms with E-state index in [9.17, 15) is 4.79 Å². The number of amides is 1. The zero-order chi connectivity index (χ0) is 13.2. The summed E-state index contributed by atoms with van der Waals surface area (Å²) in [7, 11) is 1.77. The van der Waals surface area contributed by atoms with Crippen LogP contribution >= 0.6 is 0 Å². The first-order valence-corrected chi connectivity index (χ1v) is 6.85. The monoisotopic (exact) mass is 261 g/mol. The number of likely N-dealkylation sites (N-methyl/N-ethyl adjacent to an activating group) is 1. The van der Waals surface area contributed by atoms with Crippen LogP contribution in [0.15, 0.2) is 18.3 Å². The number of rotatable bonds is 2. The molecule has 2 aliphatic rings. The molecule has 2 aliphatic heterocycles. The number of ether oxygens (including phenoxy) is 1. The van der Waals surface area contributed by atoms with Crippen molar-refractivity contribution in [3.63, 3.8) is 0 Å². The second kappa shape index (κ2) is 5.17. The van der Waals surface area contributed by atoms with Crippen LogP contribution in [0.5, 0.6) is 5.75 Å². The topological polar surface area (TPSA) is 54.5 Å². The summed E-state index contributed by atoms with van der Waals surface area (Å²) in [5, 5.41) is 3.38. The van der Waals surface area contributed by atoms with E-state index < -0.39 is 0 Å². The summed E-state index contributed by atoms with van der Waals surface area (Å²) in [5.41, 5.74) is 0. The zero-order valence-corrected chi connectivity index (χ0v) is 11.1. The van der Waals surface area contributed by atoms with Crippen molar-refractivity contribution < 1.29 is 9.53 Å². The van der Waals surface area contributed by atoms with E-state index >= 15 is 0 Å². The van der Waals surface area contributed by atoms with Crippen LogP contribution in [-0.2, 0) is 4.79 Å². The number of aromatic nitrogens is 1. The molecule has 0 radical (unpaired) electrons. The van der Waals surface area contributed by atoms with Crippen LogP contribution in [0.2, 0.25) is 0 Å². The highest BCUT2D eigenvalue weighted by molar-refractivity contribution is 5.98. The van der Waals surface area contributed by atoms with Gasteiger partial charge in [0.2, 0.25) is 0 Å². The SMILES string of the molecule is CN1C(=O)C(CC2CCCNC2)Oc2cccnc21. The van der Waals surface area contributed by atoms with Gasteiger partial charge in [0.1, 0.15) is 0 Å². The third-order valence-electron chi connectivity index (χ3n) is 3.89. The number of hydrogen-bond donors (Lipinski definition) is 1. The molecule has 102 valence electrons. The fourth-order valence-electron chi connectivity index (χ4n) is 2.83. The first-order chi connectivity index (χ1) is 9.25. The van der Waals surface area contributed by atoms with Gasteiger partial charge < -0.3 is 10.1 Å². The number of piperidine rings is 1. The Bertz CT molecular complexity index is 472. The minimum atomic E-state index is -0.369. The number of fused-ring (bicyclic) bond motifs is 1. The van der Waals surface area contributed by atoms with Crippen LogP contribution in [0.3, 0.4) is 0 Å². The van der Waals surface area contributed by atoms with Crippen molar-refractivity contribution in [2.24, 2.45) is 5.92 Å². The minimum Gasteiger partial charge on any atom is -0.477 e. The van der Waals surface area contributed by atoms with Crippen LogP contribution in [0.25, 0.3) is 0 Å². The van der Waals surface area contributed by atoms with E-state index in [4.69, 9.17) is 4.74 Å². The van der Waals surface area contributed by atoms with Gasteiger partial charge in [-0.15, -0.1) is 0 Å². The lowest BCUT2D eigenvalue weighted by Crippen LogP contribution is -2.46. The van der Waals surface area contributed by atoms with E-state index in [1.165, 1.54) is 12.8 Å². The van der Waals surface area contributed by atoms with E-state index in [2.05, 4.69) is 10.3 Å². The molecule has 0 aromatic carbocycles. The van der Waals surface area contributed by atoms with Crippen LogP contribution in [-0.4, -0.2) is 37.1 Å². The molecular weight excluding hydrogens is 242 g/mol. The molecule has 1 fully saturated rings. The van der Waals surface area contributed by atoms with E-state index in [1.807, 2.05) is 12.1 Å². The number of carbonyl (C=O) groups is 1. The van der Waals surface area contributed by atoms with Crippen molar-refractivity contribution >= 4 is 11.7 Å². The zero-order valence-electron chi connectivity index (χ0n) is 11.1. The highest BCUT2D eigenvalue weighted by Gasteiger charge is 2.34. The summed E-state index contributed by atoms with van der Waals surface area (Å²) in [6.07, 6.45) is 4.44. The molecule has 0 spiro atoms. The third kappa shape index (κ3) is 2.42. The fourth-order valence-corrected chi connectivity index (χ4v) is 2.83. The van der Waals surface area contributed by atoms with Gasteiger partial charge >= 0.3 is 0 Å². The predicted octanol–water partition coefficient (Wildman–Crippen LogP) is 1.20. The molecule has 1 saturated heterocycles. The molecule has 1 aromatic heterocycles. The molecule has 3 heterocycles. The molecular formula is C14H19N3O2. The molecule has 0 saturated carbocycles. The second-order valence-electron chi connectivity index (χ2n) is 5.28. The van der Waals surface area contributed by atoms with Gasteiger partial charge in [0, 0.05) is 13.2 Å². The van der Waals surface area contributed by atoms with Gasteiger partial charge in [-0.2, -0.15) is 0 Å². The predicted molar refractivity (Wildman–Crippen MR) is 72.3 cm³/mol. The molecule has 0 aliphatic carbocycles. The van der Waals surface area contributed by atoms with Crippen LogP contribution in [0, 0.1) is 5.92 Å². The van der Waals surface area contributed by atoms with E-state index in [1.54, 1.807) is 18.1 Å². The number of nitrogens with zero attached hydrogens (tertiary/aromatic N) is 2. The lowest BCUT2D eigenvalue weighted by molar-refractivity contribution is -0.126. The van der Waals surface area contributed by atoms with E-state index in [0.717, 1.165) is 19.5 Å². The van der Waals surface area contributed by atoms with Gasteiger partial charge in [-0.1, -0.05) is 0 Å². The standard InChI is InChI=1S/C14H19N3O2/c1-17-13-11(5-3-7-16-13)19-12(14(17)18)8-10-4-2-6-15-9-10/h3,5,7,10,12,15H,2,4,6,8-9H2,1H3. The Morgan fingerprint density at radius 1 is 1.58 bits per heavy atom. The molecule has 5 heteroatoms. The Balaban J connectivity index is 1.75. The van der Waals surface area contributed by atoms with Crippen LogP contribution in [0.1, 0.15) is 19.3 Å². The number of nitrogens with one attached hydrogen (secondary N) is 1. The van der Waals surface area contributed by atoms with Gasteiger partial charge in [0.05, 0.1) is 0 Å². The molecule has 1 N–H and O–H groups in total.